The minimum atomic E-state index is -0.794. The van der Waals surface area contributed by atoms with E-state index >= 15 is 0 Å². The van der Waals surface area contributed by atoms with E-state index in [1.54, 1.807) is 4.90 Å². The third kappa shape index (κ3) is 2.84. The molecule has 0 aromatic heterocycles. The van der Waals surface area contributed by atoms with E-state index in [2.05, 4.69) is 28.1 Å². The maximum Gasteiger partial charge on any atom is 0.308 e. The first-order valence-electron chi connectivity index (χ1n) is 7.24. The van der Waals surface area contributed by atoms with Crippen LogP contribution in [0.4, 0.5) is 0 Å². The van der Waals surface area contributed by atoms with E-state index in [-0.39, 0.29) is 23.7 Å². The first-order chi connectivity index (χ1) is 9.97. The Bertz CT molecular complexity index is 589. The molecule has 1 saturated carbocycles. The number of carboxylic acids is 1. The molecule has 1 aromatic rings. The second-order valence-electron chi connectivity index (χ2n) is 6.17. The Kier molecular flexibility index (Phi) is 3.78. The molecule has 0 bridgehead atoms. The second-order valence-corrected chi connectivity index (χ2v) is 7.08. The molecule has 4 nitrogen and oxygen atoms in total. The fourth-order valence-corrected chi connectivity index (χ4v) is 3.69. The van der Waals surface area contributed by atoms with Crippen molar-refractivity contribution in [1.82, 2.24) is 4.90 Å². The Labute approximate surface area is 132 Å². The monoisotopic (exact) mass is 351 g/mol. The van der Waals surface area contributed by atoms with Gasteiger partial charge in [-0.3, -0.25) is 9.59 Å². The van der Waals surface area contributed by atoms with Gasteiger partial charge in [0, 0.05) is 23.5 Å². The van der Waals surface area contributed by atoms with Crippen molar-refractivity contribution >= 4 is 27.8 Å². The molecule has 112 valence electrons. The number of aliphatic carboxylic acids is 1. The van der Waals surface area contributed by atoms with Gasteiger partial charge in [-0.25, -0.2) is 0 Å². The van der Waals surface area contributed by atoms with Crippen LogP contribution >= 0.6 is 15.9 Å². The van der Waals surface area contributed by atoms with Crippen molar-refractivity contribution in [3.05, 3.63) is 34.3 Å². The molecule has 1 saturated heterocycles. The zero-order valence-electron chi connectivity index (χ0n) is 11.8. The number of halogens is 1. The van der Waals surface area contributed by atoms with Crippen molar-refractivity contribution in [3.63, 3.8) is 0 Å². The number of rotatable bonds is 3. The summed E-state index contributed by atoms with van der Waals surface area (Å²) in [4.78, 5) is 25.4. The molecule has 1 aliphatic carbocycles. The van der Waals surface area contributed by atoms with Crippen LogP contribution in [-0.2, 0) is 9.59 Å². The highest BCUT2D eigenvalue weighted by Crippen LogP contribution is 2.49. The number of hydrogen-bond donors (Lipinski definition) is 1. The maximum atomic E-state index is 12.5. The number of hydrogen-bond acceptors (Lipinski definition) is 2. The number of amides is 1. The maximum absolute atomic E-state index is 12.5. The third-order valence-electron chi connectivity index (χ3n) is 4.63. The number of carboxylic acid groups (broad SMARTS) is 1. The summed E-state index contributed by atoms with van der Waals surface area (Å²) in [5, 5.41) is 9.15. The van der Waals surface area contributed by atoms with E-state index in [9.17, 15) is 9.59 Å². The topological polar surface area (TPSA) is 57.6 Å². The molecule has 1 amide bonds. The van der Waals surface area contributed by atoms with Crippen molar-refractivity contribution in [2.75, 3.05) is 13.1 Å². The lowest BCUT2D eigenvalue weighted by atomic mass is 9.99. The molecular weight excluding hydrogens is 334 g/mol. The van der Waals surface area contributed by atoms with Crippen LogP contribution < -0.4 is 0 Å². The molecule has 0 spiro atoms. The summed E-state index contributed by atoms with van der Waals surface area (Å²) in [5.74, 6) is -0.743. The summed E-state index contributed by atoms with van der Waals surface area (Å²) in [6.45, 7) is 2.83. The first-order valence-corrected chi connectivity index (χ1v) is 8.03. The molecule has 2 fully saturated rings. The minimum absolute atomic E-state index is 0.0269. The largest absolute Gasteiger partial charge is 0.481 e. The van der Waals surface area contributed by atoms with E-state index in [1.807, 2.05) is 19.1 Å². The number of carbonyl (C=O) groups excluding carboxylic acids is 1. The molecule has 4 atom stereocenters. The lowest BCUT2D eigenvalue weighted by Crippen LogP contribution is -2.31. The van der Waals surface area contributed by atoms with Gasteiger partial charge in [-0.2, -0.15) is 0 Å². The van der Waals surface area contributed by atoms with Crippen LogP contribution in [-0.4, -0.2) is 35.0 Å². The van der Waals surface area contributed by atoms with E-state index in [0.29, 0.717) is 13.1 Å². The summed E-state index contributed by atoms with van der Waals surface area (Å²) in [7, 11) is 0. The fourth-order valence-electron chi connectivity index (χ4n) is 3.28. The van der Waals surface area contributed by atoms with E-state index < -0.39 is 11.9 Å². The molecule has 2 aliphatic rings. The van der Waals surface area contributed by atoms with Crippen LogP contribution in [0.15, 0.2) is 28.7 Å². The van der Waals surface area contributed by atoms with E-state index in [0.717, 1.165) is 10.9 Å². The van der Waals surface area contributed by atoms with Gasteiger partial charge in [0.15, 0.2) is 0 Å². The van der Waals surface area contributed by atoms with Gasteiger partial charge in [-0.1, -0.05) is 35.0 Å². The summed E-state index contributed by atoms with van der Waals surface area (Å²) in [6.07, 6.45) is 0.873. The quantitative estimate of drug-likeness (QED) is 0.910. The van der Waals surface area contributed by atoms with Gasteiger partial charge in [0.25, 0.3) is 0 Å². The van der Waals surface area contributed by atoms with Crippen molar-refractivity contribution < 1.29 is 14.7 Å². The van der Waals surface area contributed by atoms with E-state index in [4.69, 9.17) is 5.11 Å². The average molecular weight is 352 g/mol. The second kappa shape index (κ2) is 5.44. The fraction of sp³-hybridized carbons (Fsp3) is 0.500. The van der Waals surface area contributed by atoms with Gasteiger partial charge >= 0.3 is 5.97 Å². The predicted molar refractivity (Wildman–Crippen MR) is 81.9 cm³/mol. The summed E-state index contributed by atoms with van der Waals surface area (Å²) >= 11 is 3.45. The van der Waals surface area contributed by atoms with Crippen molar-refractivity contribution in [3.8, 4) is 0 Å². The number of carbonyl (C=O) groups is 2. The predicted octanol–water partition coefficient (Wildman–Crippen LogP) is 2.73. The molecule has 1 heterocycles. The molecule has 1 aromatic carbocycles. The number of benzene rings is 1. The highest BCUT2D eigenvalue weighted by Gasteiger charge is 2.48. The van der Waals surface area contributed by atoms with E-state index in [1.165, 1.54) is 5.56 Å². The molecular formula is C16H18BrNO3. The molecule has 5 heteroatoms. The van der Waals surface area contributed by atoms with Crippen LogP contribution in [0.5, 0.6) is 0 Å². The average Bonchev–Trinajstić information content (AvgIpc) is 3.14. The smallest absolute Gasteiger partial charge is 0.308 e. The SMILES string of the molecule is C[C@@H]1CN(C(=O)C2CC2c2cccc(Br)c2)C[C@H]1C(=O)O. The van der Waals surface area contributed by atoms with Gasteiger partial charge in [-0.05, 0) is 36.0 Å². The molecule has 3 rings (SSSR count). The zero-order chi connectivity index (χ0) is 15.1. The van der Waals surface area contributed by atoms with Crippen LogP contribution in [0.25, 0.3) is 0 Å². The standard InChI is InChI=1S/C16H18BrNO3/c1-9-7-18(8-14(9)16(20)21)15(19)13-6-12(13)10-3-2-4-11(17)5-10/h2-5,9,12-14H,6-8H2,1H3,(H,20,21)/t9-,12?,13?,14-/m1/s1. The lowest BCUT2D eigenvalue weighted by Gasteiger charge is -2.16. The molecule has 21 heavy (non-hydrogen) atoms. The Morgan fingerprint density at radius 1 is 1.29 bits per heavy atom. The zero-order valence-corrected chi connectivity index (χ0v) is 13.4. The van der Waals surface area contributed by atoms with Gasteiger partial charge in [0.2, 0.25) is 5.91 Å². The molecule has 2 unspecified atom stereocenters. The Balaban J connectivity index is 1.65. The van der Waals surface area contributed by atoms with Crippen molar-refractivity contribution in [2.24, 2.45) is 17.8 Å². The lowest BCUT2D eigenvalue weighted by molar-refractivity contribution is -0.142. The number of nitrogens with zero attached hydrogens (tertiary/aromatic N) is 1. The van der Waals surface area contributed by atoms with Crippen LogP contribution in [0.3, 0.4) is 0 Å². The van der Waals surface area contributed by atoms with Crippen molar-refractivity contribution in [2.45, 2.75) is 19.3 Å². The Morgan fingerprint density at radius 2 is 2.05 bits per heavy atom. The summed E-state index contributed by atoms with van der Waals surface area (Å²) in [5.41, 5.74) is 1.18. The minimum Gasteiger partial charge on any atom is -0.481 e. The van der Waals surface area contributed by atoms with Crippen LogP contribution in [0, 0.1) is 17.8 Å². The number of likely N-dealkylation sites (tertiary alicyclic amines) is 1. The van der Waals surface area contributed by atoms with Gasteiger partial charge in [0.1, 0.15) is 0 Å². The summed E-state index contributed by atoms with van der Waals surface area (Å²) in [6, 6.07) is 8.07. The first kappa shape index (κ1) is 14.6. The van der Waals surface area contributed by atoms with Gasteiger partial charge in [-0.15, -0.1) is 0 Å². The molecule has 0 radical (unpaired) electrons. The highest BCUT2D eigenvalue weighted by atomic mass is 79.9. The molecule has 1 aliphatic heterocycles. The Hall–Kier alpha value is -1.36. The Morgan fingerprint density at radius 3 is 2.67 bits per heavy atom. The van der Waals surface area contributed by atoms with Crippen LogP contribution in [0.2, 0.25) is 0 Å². The normalized spacial score (nSPS) is 31.2. The van der Waals surface area contributed by atoms with Gasteiger partial charge in [0.05, 0.1) is 5.92 Å². The summed E-state index contributed by atoms with van der Waals surface area (Å²) < 4.78 is 1.03. The highest BCUT2D eigenvalue weighted by molar-refractivity contribution is 9.10. The molecule has 1 N–H and O–H groups in total. The van der Waals surface area contributed by atoms with Crippen molar-refractivity contribution in [1.29, 1.82) is 0 Å². The third-order valence-corrected chi connectivity index (χ3v) is 5.12. The van der Waals surface area contributed by atoms with Crippen LogP contribution in [0.1, 0.15) is 24.8 Å². The van der Waals surface area contributed by atoms with Gasteiger partial charge < -0.3 is 10.0 Å².